The Morgan fingerprint density at radius 1 is 0.708 bits per heavy atom. The highest BCUT2D eigenvalue weighted by atomic mass is 14.6. The Labute approximate surface area is 147 Å². The third-order valence-electron chi connectivity index (χ3n) is 7.03. The van der Waals surface area contributed by atoms with Gasteiger partial charge in [-0.2, -0.15) is 0 Å². The molecular formula is C24H30. The van der Waals surface area contributed by atoms with Crippen molar-refractivity contribution < 1.29 is 0 Å². The second kappa shape index (κ2) is 4.54. The molecule has 0 heterocycles. The molecule has 1 atom stereocenters. The molecule has 0 bridgehead atoms. The van der Waals surface area contributed by atoms with E-state index in [-0.39, 0.29) is 16.2 Å². The summed E-state index contributed by atoms with van der Waals surface area (Å²) in [5.74, 6) is 0. The first-order valence-corrected chi connectivity index (χ1v) is 9.32. The number of rotatable bonds is 0. The van der Waals surface area contributed by atoms with Gasteiger partial charge in [0.05, 0.1) is 0 Å². The first kappa shape index (κ1) is 15.9. The largest absolute Gasteiger partial charge is 0.0620 e. The Hall–Kier alpha value is -1.56. The summed E-state index contributed by atoms with van der Waals surface area (Å²) in [4.78, 5) is 0. The summed E-state index contributed by atoms with van der Waals surface area (Å²) < 4.78 is 0. The lowest BCUT2D eigenvalue weighted by molar-refractivity contribution is 0.349. The average Bonchev–Trinajstić information content (AvgIpc) is 2.85. The van der Waals surface area contributed by atoms with Crippen LogP contribution in [0, 0.1) is 20.8 Å². The maximum absolute atomic E-state index is 2.49. The van der Waals surface area contributed by atoms with Crippen molar-refractivity contribution in [2.75, 3.05) is 0 Å². The highest BCUT2D eigenvalue weighted by Gasteiger charge is 2.56. The summed E-state index contributed by atoms with van der Waals surface area (Å²) in [7, 11) is 0. The maximum atomic E-state index is 2.49. The summed E-state index contributed by atoms with van der Waals surface area (Å²) in [5, 5.41) is 0. The van der Waals surface area contributed by atoms with E-state index in [4.69, 9.17) is 0 Å². The fourth-order valence-electron chi connectivity index (χ4n) is 5.99. The maximum Gasteiger partial charge on any atom is 0.0228 e. The Morgan fingerprint density at radius 3 is 1.88 bits per heavy atom. The van der Waals surface area contributed by atoms with Gasteiger partial charge >= 0.3 is 0 Å². The number of aryl methyl sites for hydroxylation is 1. The lowest BCUT2D eigenvalue weighted by atomic mass is 9.71. The zero-order valence-corrected chi connectivity index (χ0v) is 16.3. The van der Waals surface area contributed by atoms with E-state index in [2.05, 4.69) is 78.8 Å². The van der Waals surface area contributed by atoms with E-state index in [1.165, 1.54) is 29.5 Å². The van der Waals surface area contributed by atoms with Crippen molar-refractivity contribution in [3.63, 3.8) is 0 Å². The van der Waals surface area contributed by atoms with Gasteiger partial charge in [0.25, 0.3) is 0 Å². The quantitative estimate of drug-likeness (QED) is 0.537. The SMILES string of the molecule is Cc1cc2c(c(C)c1C)C1(CC(C)(C)c3ccccc31)CC2(C)C. The first-order valence-electron chi connectivity index (χ1n) is 9.32. The standard InChI is InChI=1S/C24H30/c1-15-12-20-21(17(3)16(15)2)24(14-23(20,6)7)13-22(4,5)18-10-8-9-11-19(18)24/h8-12H,13-14H2,1-7H3. The number of hydrogen-bond acceptors (Lipinski definition) is 0. The van der Waals surface area contributed by atoms with Crippen LogP contribution in [0.3, 0.4) is 0 Å². The predicted octanol–water partition coefficient (Wildman–Crippen LogP) is 6.26. The normalized spacial score (nSPS) is 25.8. The molecule has 0 nitrogen and oxygen atoms in total. The van der Waals surface area contributed by atoms with Crippen molar-refractivity contribution in [3.05, 3.63) is 69.3 Å². The minimum absolute atomic E-state index is 0.196. The van der Waals surface area contributed by atoms with Crippen LogP contribution in [0.5, 0.6) is 0 Å². The molecule has 0 heteroatoms. The zero-order chi connectivity index (χ0) is 17.5. The molecular weight excluding hydrogens is 288 g/mol. The molecule has 24 heavy (non-hydrogen) atoms. The van der Waals surface area contributed by atoms with Gasteiger partial charge in [0, 0.05) is 5.41 Å². The molecule has 0 N–H and O–H groups in total. The molecule has 0 fully saturated rings. The number of fused-ring (bicyclic) bond motifs is 4. The zero-order valence-electron chi connectivity index (χ0n) is 16.3. The molecule has 0 amide bonds. The second-order valence-electron chi connectivity index (χ2n) is 9.62. The molecule has 1 unspecified atom stereocenters. The topological polar surface area (TPSA) is 0 Å². The monoisotopic (exact) mass is 318 g/mol. The fourth-order valence-corrected chi connectivity index (χ4v) is 5.99. The minimum Gasteiger partial charge on any atom is -0.0620 e. The number of benzene rings is 2. The van der Waals surface area contributed by atoms with Crippen LogP contribution in [0.4, 0.5) is 0 Å². The molecule has 2 aliphatic carbocycles. The van der Waals surface area contributed by atoms with Gasteiger partial charge in [-0.05, 0) is 83.4 Å². The molecule has 2 aromatic rings. The Balaban J connectivity index is 2.10. The van der Waals surface area contributed by atoms with Gasteiger partial charge in [0.15, 0.2) is 0 Å². The van der Waals surface area contributed by atoms with Crippen LogP contribution >= 0.6 is 0 Å². The Bertz CT molecular complexity index is 851. The van der Waals surface area contributed by atoms with E-state index in [1.807, 2.05) is 0 Å². The molecule has 1 spiro atoms. The third kappa shape index (κ3) is 1.80. The third-order valence-corrected chi connectivity index (χ3v) is 7.03. The molecule has 2 aromatic carbocycles. The van der Waals surface area contributed by atoms with E-state index in [0.717, 1.165) is 0 Å². The molecule has 0 aromatic heterocycles. The highest BCUT2D eigenvalue weighted by molar-refractivity contribution is 5.63. The molecule has 2 aliphatic rings. The molecule has 0 saturated carbocycles. The Morgan fingerprint density at radius 2 is 1.25 bits per heavy atom. The van der Waals surface area contributed by atoms with Crippen LogP contribution in [0.25, 0.3) is 0 Å². The van der Waals surface area contributed by atoms with Crippen molar-refractivity contribution in [2.45, 2.75) is 77.6 Å². The lowest BCUT2D eigenvalue weighted by Gasteiger charge is -2.32. The average molecular weight is 319 g/mol. The van der Waals surface area contributed by atoms with Crippen molar-refractivity contribution >= 4 is 0 Å². The summed E-state index contributed by atoms with van der Waals surface area (Å²) in [6.45, 7) is 16.7. The van der Waals surface area contributed by atoms with Gasteiger partial charge in [-0.15, -0.1) is 0 Å². The van der Waals surface area contributed by atoms with E-state index >= 15 is 0 Å². The fraction of sp³-hybridized carbons (Fsp3) is 0.500. The first-order chi connectivity index (χ1) is 11.1. The molecule has 0 radical (unpaired) electrons. The smallest absolute Gasteiger partial charge is 0.0228 e. The van der Waals surface area contributed by atoms with E-state index in [1.54, 1.807) is 22.3 Å². The van der Waals surface area contributed by atoms with Crippen molar-refractivity contribution in [3.8, 4) is 0 Å². The molecule has 4 rings (SSSR count). The van der Waals surface area contributed by atoms with Gasteiger partial charge in [-0.3, -0.25) is 0 Å². The highest BCUT2D eigenvalue weighted by Crippen LogP contribution is 2.63. The van der Waals surface area contributed by atoms with E-state index in [9.17, 15) is 0 Å². The van der Waals surface area contributed by atoms with Gasteiger partial charge < -0.3 is 0 Å². The van der Waals surface area contributed by atoms with Crippen LogP contribution < -0.4 is 0 Å². The van der Waals surface area contributed by atoms with Crippen LogP contribution in [0.15, 0.2) is 30.3 Å². The molecule has 0 aliphatic heterocycles. The van der Waals surface area contributed by atoms with E-state index < -0.39 is 0 Å². The molecule has 126 valence electrons. The number of hydrogen-bond donors (Lipinski definition) is 0. The van der Waals surface area contributed by atoms with Crippen molar-refractivity contribution in [2.24, 2.45) is 0 Å². The van der Waals surface area contributed by atoms with Crippen LogP contribution in [0.2, 0.25) is 0 Å². The lowest BCUT2D eigenvalue weighted by Crippen LogP contribution is -2.27. The second-order valence-corrected chi connectivity index (χ2v) is 9.62. The van der Waals surface area contributed by atoms with E-state index in [0.29, 0.717) is 0 Å². The van der Waals surface area contributed by atoms with Crippen molar-refractivity contribution in [1.29, 1.82) is 0 Å². The summed E-state index contributed by atoms with van der Waals surface area (Å²) in [5.41, 5.74) is 11.5. The summed E-state index contributed by atoms with van der Waals surface area (Å²) >= 11 is 0. The minimum atomic E-state index is 0.196. The van der Waals surface area contributed by atoms with Crippen molar-refractivity contribution in [1.82, 2.24) is 0 Å². The Kier molecular flexibility index (Phi) is 3.01. The van der Waals surface area contributed by atoms with Crippen LogP contribution in [-0.2, 0) is 16.2 Å². The van der Waals surface area contributed by atoms with Crippen LogP contribution in [-0.4, -0.2) is 0 Å². The summed E-state index contributed by atoms with van der Waals surface area (Å²) in [6, 6.07) is 11.7. The molecule has 0 saturated heterocycles. The van der Waals surface area contributed by atoms with Crippen LogP contribution in [0.1, 0.15) is 79.5 Å². The van der Waals surface area contributed by atoms with Gasteiger partial charge in [0.1, 0.15) is 0 Å². The predicted molar refractivity (Wildman–Crippen MR) is 103 cm³/mol. The van der Waals surface area contributed by atoms with Gasteiger partial charge in [0.2, 0.25) is 0 Å². The van der Waals surface area contributed by atoms with Gasteiger partial charge in [-0.1, -0.05) is 58.0 Å². The summed E-state index contributed by atoms with van der Waals surface area (Å²) in [6.07, 6.45) is 2.47. The van der Waals surface area contributed by atoms with Gasteiger partial charge in [-0.25, -0.2) is 0 Å².